The molecule has 2 heterocycles. The lowest BCUT2D eigenvalue weighted by molar-refractivity contribution is 0.0792. The second-order valence-corrected chi connectivity index (χ2v) is 8.08. The van der Waals surface area contributed by atoms with Crippen LogP contribution in [0.4, 0.5) is 5.69 Å². The van der Waals surface area contributed by atoms with Crippen LogP contribution < -0.4 is 5.32 Å². The van der Waals surface area contributed by atoms with E-state index in [9.17, 15) is 9.59 Å². The first-order valence-corrected chi connectivity index (χ1v) is 10.5. The Balaban J connectivity index is 1.37. The standard InChI is InChI=1S/C24H25N3O2/c28-23(16-10-11-22-20(15-16)19-8-1-2-9-21(19)26-22)25-18-7-5-6-17(14-18)24(29)27-12-3-4-13-27/h5-7,10-11,14-15,26H,1-4,8-9,12-13H2,(H,25,28). The molecular formula is C24H25N3O2. The highest BCUT2D eigenvalue weighted by atomic mass is 16.2. The van der Waals surface area contributed by atoms with Crippen LogP contribution in [0.25, 0.3) is 10.9 Å². The Hall–Kier alpha value is -3.08. The van der Waals surface area contributed by atoms with Crippen molar-refractivity contribution in [3.63, 3.8) is 0 Å². The number of carbonyl (C=O) groups is 2. The summed E-state index contributed by atoms with van der Waals surface area (Å²) in [5.74, 6) is -0.109. The molecule has 1 saturated heterocycles. The third-order valence-electron chi connectivity index (χ3n) is 6.12. The van der Waals surface area contributed by atoms with E-state index < -0.39 is 0 Å². The van der Waals surface area contributed by atoms with E-state index in [1.807, 2.05) is 41.3 Å². The van der Waals surface area contributed by atoms with E-state index in [1.165, 1.54) is 24.1 Å². The van der Waals surface area contributed by atoms with Crippen LogP contribution >= 0.6 is 0 Å². The number of nitrogens with one attached hydrogen (secondary N) is 2. The maximum absolute atomic E-state index is 12.9. The number of benzene rings is 2. The van der Waals surface area contributed by atoms with Crippen LogP contribution in [-0.2, 0) is 12.8 Å². The molecule has 2 aliphatic rings. The third-order valence-corrected chi connectivity index (χ3v) is 6.12. The topological polar surface area (TPSA) is 65.2 Å². The number of rotatable bonds is 3. The van der Waals surface area contributed by atoms with Crippen LogP contribution in [0.15, 0.2) is 42.5 Å². The summed E-state index contributed by atoms with van der Waals surface area (Å²) in [6.45, 7) is 1.63. The molecule has 1 aliphatic heterocycles. The van der Waals surface area contributed by atoms with Gasteiger partial charge in [0.15, 0.2) is 0 Å². The summed E-state index contributed by atoms with van der Waals surface area (Å²) < 4.78 is 0. The van der Waals surface area contributed by atoms with Crippen molar-refractivity contribution < 1.29 is 9.59 Å². The van der Waals surface area contributed by atoms with Gasteiger partial charge in [-0.3, -0.25) is 9.59 Å². The number of carbonyl (C=O) groups excluding carboxylic acids is 2. The van der Waals surface area contributed by atoms with Crippen molar-refractivity contribution in [2.45, 2.75) is 38.5 Å². The zero-order chi connectivity index (χ0) is 19.8. The van der Waals surface area contributed by atoms with Gasteiger partial charge < -0.3 is 15.2 Å². The van der Waals surface area contributed by atoms with E-state index in [0.29, 0.717) is 16.8 Å². The van der Waals surface area contributed by atoms with Crippen LogP contribution in [0.5, 0.6) is 0 Å². The first-order chi connectivity index (χ1) is 14.2. The van der Waals surface area contributed by atoms with Gasteiger partial charge in [0.2, 0.25) is 0 Å². The first kappa shape index (κ1) is 18.0. The molecule has 0 saturated carbocycles. The Morgan fingerprint density at radius 1 is 0.897 bits per heavy atom. The van der Waals surface area contributed by atoms with Gasteiger partial charge in [0, 0.05) is 46.5 Å². The summed E-state index contributed by atoms with van der Waals surface area (Å²) in [6.07, 6.45) is 6.71. The van der Waals surface area contributed by atoms with Gasteiger partial charge in [0.05, 0.1) is 0 Å². The van der Waals surface area contributed by atoms with Crippen molar-refractivity contribution in [3.8, 4) is 0 Å². The normalized spacial score (nSPS) is 16.1. The molecule has 1 aromatic heterocycles. The van der Waals surface area contributed by atoms with Crippen molar-refractivity contribution >= 4 is 28.4 Å². The van der Waals surface area contributed by atoms with Crippen molar-refractivity contribution in [1.82, 2.24) is 9.88 Å². The number of anilines is 1. The minimum Gasteiger partial charge on any atom is -0.358 e. The predicted molar refractivity (Wildman–Crippen MR) is 114 cm³/mol. The summed E-state index contributed by atoms with van der Waals surface area (Å²) in [5, 5.41) is 4.12. The molecule has 0 spiro atoms. The summed E-state index contributed by atoms with van der Waals surface area (Å²) >= 11 is 0. The maximum atomic E-state index is 12.9. The van der Waals surface area contributed by atoms with Crippen molar-refractivity contribution in [1.29, 1.82) is 0 Å². The number of hydrogen-bond acceptors (Lipinski definition) is 2. The summed E-state index contributed by atoms with van der Waals surface area (Å²) in [5.41, 5.74) is 5.69. The van der Waals surface area contributed by atoms with Gasteiger partial charge in [-0.15, -0.1) is 0 Å². The molecule has 1 fully saturated rings. The number of hydrogen-bond donors (Lipinski definition) is 2. The molecule has 5 rings (SSSR count). The molecule has 0 bridgehead atoms. The quantitative estimate of drug-likeness (QED) is 0.693. The highest BCUT2D eigenvalue weighted by Gasteiger charge is 2.20. The fourth-order valence-corrected chi connectivity index (χ4v) is 4.58. The average Bonchev–Trinajstić information content (AvgIpc) is 3.41. The molecule has 0 radical (unpaired) electrons. The van der Waals surface area contributed by atoms with Crippen LogP contribution in [0.3, 0.4) is 0 Å². The number of likely N-dealkylation sites (tertiary alicyclic amines) is 1. The summed E-state index contributed by atoms with van der Waals surface area (Å²) in [4.78, 5) is 30.9. The Labute approximate surface area is 170 Å². The first-order valence-electron chi connectivity index (χ1n) is 10.5. The molecular weight excluding hydrogens is 362 g/mol. The van der Waals surface area contributed by atoms with Crippen molar-refractivity contribution in [2.24, 2.45) is 0 Å². The molecule has 3 aromatic rings. The number of fused-ring (bicyclic) bond motifs is 3. The molecule has 2 N–H and O–H groups in total. The molecule has 5 heteroatoms. The average molecular weight is 387 g/mol. The number of H-pyrrole nitrogens is 1. The van der Waals surface area contributed by atoms with E-state index in [4.69, 9.17) is 0 Å². The van der Waals surface area contributed by atoms with E-state index in [2.05, 4.69) is 10.3 Å². The van der Waals surface area contributed by atoms with Gasteiger partial charge in [-0.2, -0.15) is 0 Å². The second kappa shape index (κ2) is 7.39. The van der Waals surface area contributed by atoms with Crippen LogP contribution in [-0.4, -0.2) is 34.8 Å². The Morgan fingerprint density at radius 3 is 2.59 bits per heavy atom. The fraction of sp³-hybridized carbons (Fsp3) is 0.333. The lowest BCUT2D eigenvalue weighted by Gasteiger charge is -2.16. The van der Waals surface area contributed by atoms with E-state index in [-0.39, 0.29) is 11.8 Å². The minimum absolute atomic E-state index is 0.0407. The SMILES string of the molecule is O=C(Nc1cccc(C(=O)N2CCCC2)c1)c1ccc2[nH]c3c(c2c1)CCCC3. The number of amides is 2. The lowest BCUT2D eigenvalue weighted by atomic mass is 9.95. The number of aryl methyl sites for hydroxylation is 2. The van der Waals surface area contributed by atoms with Gasteiger partial charge in [0.25, 0.3) is 11.8 Å². The zero-order valence-electron chi connectivity index (χ0n) is 16.5. The Bertz CT molecular complexity index is 1090. The molecule has 148 valence electrons. The monoisotopic (exact) mass is 387 g/mol. The largest absolute Gasteiger partial charge is 0.358 e. The number of aromatic nitrogens is 1. The number of aromatic amines is 1. The Morgan fingerprint density at radius 2 is 1.72 bits per heavy atom. The zero-order valence-corrected chi connectivity index (χ0v) is 16.5. The van der Waals surface area contributed by atoms with Crippen molar-refractivity contribution in [2.75, 3.05) is 18.4 Å². The second-order valence-electron chi connectivity index (χ2n) is 8.08. The summed E-state index contributed by atoms with van der Waals surface area (Å²) in [7, 11) is 0. The molecule has 2 aromatic carbocycles. The van der Waals surface area contributed by atoms with Crippen LogP contribution in [0, 0.1) is 0 Å². The van der Waals surface area contributed by atoms with Gasteiger partial charge in [-0.25, -0.2) is 0 Å². The summed E-state index contributed by atoms with van der Waals surface area (Å²) in [6, 6.07) is 13.1. The molecule has 2 amide bonds. The van der Waals surface area contributed by atoms with Gasteiger partial charge in [0.1, 0.15) is 0 Å². The van der Waals surface area contributed by atoms with Gasteiger partial charge >= 0.3 is 0 Å². The molecule has 0 atom stereocenters. The minimum atomic E-state index is -0.150. The Kier molecular flexibility index (Phi) is 4.58. The highest BCUT2D eigenvalue weighted by molar-refractivity contribution is 6.07. The van der Waals surface area contributed by atoms with Crippen molar-refractivity contribution in [3.05, 3.63) is 64.8 Å². The van der Waals surface area contributed by atoms with E-state index >= 15 is 0 Å². The molecule has 0 unspecified atom stereocenters. The van der Waals surface area contributed by atoms with E-state index in [0.717, 1.165) is 49.7 Å². The fourth-order valence-electron chi connectivity index (χ4n) is 4.58. The number of nitrogens with zero attached hydrogens (tertiary/aromatic N) is 1. The molecule has 1 aliphatic carbocycles. The van der Waals surface area contributed by atoms with E-state index in [1.54, 1.807) is 6.07 Å². The highest BCUT2D eigenvalue weighted by Crippen LogP contribution is 2.30. The van der Waals surface area contributed by atoms with Crippen LogP contribution in [0.1, 0.15) is 57.7 Å². The molecule has 5 nitrogen and oxygen atoms in total. The van der Waals surface area contributed by atoms with Gasteiger partial charge in [-0.05, 0) is 80.5 Å². The smallest absolute Gasteiger partial charge is 0.255 e. The maximum Gasteiger partial charge on any atom is 0.255 e. The lowest BCUT2D eigenvalue weighted by Crippen LogP contribution is -2.27. The third kappa shape index (κ3) is 3.41. The predicted octanol–water partition coefficient (Wildman–Crippen LogP) is 4.54. The molecule has 29 heavy (non-hydrogen) atoms. The van der Waals surface area contributed by atoms with Gasteiger partial charge in [-0.1, -0.05) is 6.07 Å². The van der Waals surface area contributed by atoms with Crippen LogP contribution in [0.2, 0.25) is 0 Å².